The molecular formula is C12H17IN2. The fourth-order valence-electron chi connectivity index (χ4n) is 2.02. The second kappa shape index (κ2) is 5.27. The summed E-state index contributed by atoms with van der Waals surface area (Å²) in [6.07, 6.45) is 0. The Kier molecular flexibility index (Phi) is 3.99. The van der Waals surface area contributed by atoms with Crippen molar-refractivity contribution in [1.82, 2.24) is 10.2 Å². The van der Waals surface area contributed by atoms with E-state index in [0.717, 1.165) is 26.2 Å². The summed E-state index contributed by atoms with van der Waals surface area (Å²) < 4.78 is 1.38. The van der Waals surface area contributed by atoms with Crippen LogP contribution in [0, 0.1) is 3.57 Å². The van der Waals surface area contributed by atoms with Gasteiger partial charge in [0, 0.05) is 35.8 Å². The Morgan fingerprint density at radius 2 is 2.27 bits per heavy atom. The maximum absolute atomic E-state index is 3.47. The molecule has 0 bridgehead atoms. The van der Waals surface area contributed by atoms with Crippen LogP contribution in [-0.2, 0) is 6.54 Å². The molecule has 0 amide bonds. The van der Waals surface area contributed by atoms with Crippen molar-refractivity contribution in [2.75, 3.05) is 19.6 Å². The maximum atomic E-state index is 3.47. The van der Waals surface area contributed by atoms with Gasteiger partial charge in [0.05, 0.1) is 0 Å². The van der Waals surface area contributed by atoms with Gasteiger partial charge in [0.1, 0.15) is 0 Å². The molecular weight excluding hydrogens is 299 g/mol. The topological polar surface area (TPSA) is 15.3 Å². The lowest BCUT2D eigenvalue weighted by Crippen LogP contribution is -2.48. The van der Waals surface area contributed by atoms with Crippen molar-refractivity contribution in [2.45, 2.75) is 19.5 Å². The van der Waals surface area contributed by atoms with E-state index >= 15 is 0 Å². The van der Waals surface area contributed by atoms with Crippen LogP contribution in [0.2, 0.25) is 0 Å². The minimum atomic E-state index is 0.625. The van der Waals surface area contributed by atoms with Crippen molar-refractivity contribution in [2.24, 2.45) is 0 Å². The van der Waals surface area contributed by atoms with Crippen molar-refractivity contribution in [3.8, 4) is 0 Å². The van der Waals surface area contributed by atoms with E-state index in [1.165, 1.54) is 9.13 Å². The van der Waals surface area contributed by atoms with Crippen LogP contribution >= 0.6 is 22.6 Å². The van der Waals surface area contributed by atoms with Crippen LogP contribution in [0.15, 0.2) is 24.3 Å². The number of nitrogens with zero attached hydrogens (tertiary/aromatic N) is 1. The highest BCUT2D eigenvalue weighted by atomic mass is 127. The average molecular weight is 316 g/mol. The van der Waals surface area contributed by atoms with Gasteiger partial charge < -0.3 is 5.32 Å². The van der Waals surface area contributed by atoms with E-state index in [4.69, 9.17) is 0 Å². The molecule has 0 aliphatic carbocycles. The van der Waals surface area contributed by atoms with Crippen molar-refractivity contribution < 1.29 is 0 Å². The largest absolute Gasteiger partial charge is 0.312 e. The fourth-order valence-corrected chi connectivity index (χ4v) is 2.58. The summed E-state index contributed by atoms with van der Waals surface area (Å²) in [7, 11) is 0. The van der Waals surface area contributed by atoms with E-state index in [0.29, 0.717) is 6.04 Å². The number of benzene rings is 1. The number of hydrogen-bond acceptors (Lipinski definition) is 2. The predicted molar refractivity (Wildman–Crippen MR) is 71.9 cm³/mol. The Morgan fingerprint density at radius 1 is 1.47 bits per heavy atom. The number of hydrogen-bond donors (Lipinski definition) is 1. The molecule has 0 radical (unpaired) electrons. The highest BCUT2D eigenvalue weighted by molar-refractivity contribution is 14.1. The molecule has 2 nitrogen and oxygen atoms in total. The van der Waals surface area contributed by atoms with Gasteiger partial charge >= 0.3 is 0 Å². The molecule has 0 aromatic heterocycles. The minimum Gasteiger partial charge on any atom is -0.312 e. The van der Waals surface area contributed by atoms with Crippen molar-refractivity contribution in [3.63, 3.8) is 0 Å². The standard InChI is InChI=1S/C12H17IN2/c1-10-8-15(7-6-14-10)9-11-4-2-3-5-12(11)13/h2-5,10,14H,6-9H2,1H3/t10-/m0/s1. The summed E-state index contributed by atoms with van der Waals surface area (Å²) in [5.74, 6) is 0. The highest BCUT2D eigenvalue weighted by Crippen LogP contribution is 2.14. The third kappa shape index (κ3) is 3.16. The summed E-state index contributed by atoms with van der Waals surface area (Å²) in [5, 5.41) is 3.47. The summed E-state index contributed by atoms with van der Waals surface area (Å²) in [6, 6.07) is 9.27. The molecule has 1 heterocycles. The molecule has 1 aromatic carbocycles. The van der Waals surface area contributed by atoms with E-state index in [2.05, 4.69) is 64.0 Å². The Morgan fingerprint density at radius 3 is 3.00 bits per heavy atom. The summed E-state index contributed by atoms with van der Waals surface area (Å²) >= 11 is 2.42. The van der Waals surface area contributed by atoms with Gasteiger partial charge in [-0.15, -0.1) is 0 Å². The summed E-state index contributed by atoms with van der Waals surface area (Å²) in [4.78, 5) is 2.53. The van der Waals surface area contributed by atoms with Gasteiger partial charge in [0.15, 0.2) is 0 Å². The molecule has 0 spiro atoms. The smallest absolute Gasteiger partial charge is 0.0245 e. The first-order chi connectivity index (χ1) is 7.25. The van der Waals surface area contributed by atoms with Crippen LogP contribution in [0.5, 0.6) is 0 Å². The lowest BCUT2D eigenvalue weighted by molar-refractivity contribution is 0.199. The molecule has 1 atom stereocenters. The molecule has 15 heavy (non-hydrogen) atoms. The number of piperazine rings is 1. The molecule has 1 aliphatic heterocycles. The van der Waals surface area contributed by atoms with Crippen LogP contribution in [0.25, 0.3) is 0 Å². The van der Waals surface area contributed by atoms with Gasteiger partial charge in [-0.1, -0.05) is 18.2 Å². The summed E-state index contributed by atoms with van der Waals surface area (Å²) in [5.41, 5.74) is 1.45. The molecule has 1 N–H and O–H groups in total. The SMILES string of the molecule is C[C@H]1CN(Cc2ccccc2I)CCN1. The van der Waals surface area contributed by atoms with E-state index in [1.54, 1.807) is 0 Å². The summed E-state index contributed by atoms with van der Waals surface area (Å²) in [6.45, 7) is 6.78. The van der Waals surface area contributed by atoms with Gasteiger partial charge in [-0.2, -0.15) is 0 Å². The van der Waals surface area contributed by atoms with E-state index in [-0.39, 0.29) is 0 Å². The third-order valence-electron chi connectivity index (χ3n) is 2.80. The maximum Gasteiger partial charge on any atom is 0.0245 e. The van der Waals surface area contributed by atoms with Gasteiger partial charge in [-0.05, 0) is 41.1 Å². The fraction of sp³-hybridized carbons (Fsp3) is 0.500. The molecule has 1 aromatic rings. The van der Waals surface area contributed by atoms with Crippen molar-refractivity contribution >= 4 is 22.6 Å². The first-order valence-electron chi connectivity index (χ1n) is 5.45. The molecule has 82 valence electrons. The van der Waals surface area contributed by atoms with Gasteiger partial charge in [0.2, 0.25) is 0 Å². The van der Waals surface area contributed by atoms with E-state index < -0.39 is 0 Å². The zero-order valence-corrected chi connectivity index (χ0v) is 11.2. The Hall–Kier alpha value is -0.130. The third-order valence-corrected chi connectivity index (χ3v) is 3.86. The highest BCUT2D eigenvalue weighted by Gasteiger charge is 2.15. The predicted octanol–water partition coefficient (Wildman–Crippen LogP) is 2.08. The minimum absolute atomic E-state index is 0.625. The molecule has 0 saturated carbocycles. The van der Waals surface area contributed by atoms with Gasteiger partial charge in [-0.3, -0.25) is 4.90 Å². The average Bonchev–Trinajstić information content (AvgIpc) is 2.22. The molecule has 1 aliphatic rings. The van der Waals surface area contributed by atoms with Gasteiger partial charge in [0.25, 0.3) is 0 Å². The zero-order valence-electron chi connectivity index (χ0n) is 9.04. The first-order valence-corrected chi connectivity index (χ1v) is 6.53. The molecule has 1 saturated heterocycles. The zero-order chi connectivity index (χ0) is 10.7. The Balaban J connectivity index is 1.99. The van der Waals surface area contributed by atoms with Gasteiger partial charge in [-0.25, -0.2) is 0 Å². The second-order valence-electron chi connectivity index (χ2n) is 4.18. The van der Waals surface area contributed by atoms with Crippen LogP contribution < -0.4 is 5.32 Å². The normalized spacial score (nSPS) is 22.9. The molecule has 0 unspecified atom stereocenters. The molecule has 2 rings (SSSR count). The van der Waals surface area contributed by atoms with E-state index in [1.807, 2.05) is 0 Å². The van der Waals surface area contributed by atoms with Crippen LogP contribution in [0.3, 0.4) is 0 Å². The molecule has 1 fully saturated rings. The second-order valence-corrected chi connectivity index (χ2v) is 5.34. The number of nitrogens with one attached hydrogen (secondary N) is 1. The molecule has 3 heteroatoms. The Bertz CT molecular complexity index is 327. The Labute approximate surface area is 105 Å². The first kappa shape index (κ1) is 11.4. The van der Waals surface area contributed by atoms with E-state index in [9.17, 15) is 0 Å². The van der Waals surface area contributed by atoms with Crippen LogP contribution in [-0.4, -0.2) is 30.6 Å². The van der Waals surface area contributed by atoms with Crippen molar-refractivity contribution in [1.29, 1.82) is 0 Å². The van der Waals surface area contributed by atoms with Crippen molar-refractivity contribution in [3.05, 3.63) is 33.4 Å². The number of halogens is 1. The quantitative estimate of drug-likeness (QED) is 0.841. The van der Waals surface area contributed by atoms with Crippen LogP contribution in [0.1, 0.15) is 12.5 Å². The van der Waals surface area contributed by atoms with Crippen LogP contribution in [0.4, 0.5) is 0 Å². The lowest BCUT2D eigenvalue weighted by Gasteiger charge is -2.32. The number of rotatable bonds is 2. The monoisotopic (exact) mass is 316 g/mol. The lowest BCUT2D eigenvalue weighted by atomic mass is 10.1.